The van der Waals surface area contributed by atoms with Crippen LogP contribution in [-0.4, -0.2) is 16.9 Å². The SMILES string of the molecule is CCCCCC(CCCCC)CC(=O)CC(=O)O. The van der Waals surface area contributed by atoms with E-state index in [9.17, 15) is 9.59 Å². The molecule has 18 heavy (non-hydrogen) atoms. The average Bonchev–Trinajstić information content (AvgIpc) is 2.28. The maximum Gasteiger partial charge on any atom is 0.310 e. The predicted molar refractivity (Wildman–Crippen MR) is 73.7 cm³/mol. The Balaban J connectivity index is 4.01. The second-order valence-corrected chi connectivity index (χ2v) is 5.17. The number of carbonyl (C=O) groups is 2. The number of hydrogen-bond donors (Lipinski definition) is 1. The molecule has 0 aromatic heterocycles. The highest BCUT2D eigenvalue weighted by Gasteiger charge is 2.15. The quantitative estimate of drug-likeness (QED) is 0.420. The summed E-state index contributed by atoms with van der Waals surface area (Å²) in [5.74, 6) is -0.712. The Hall–Kier alpha value is -0.860. The molecule has 0 atom stereocenters. The van der Waals surface area contributed by atoms with Gasteiger partial charge in [0.1, 0.15) is 12.2 Å². The lowest BCUT2D eigenvalue weighted by molar-refractivity contribution is -0.140. The second kappa shape index (κ2) is 11.2. The first-order valence-corrected chi connectivity index (χ1v) is 7.33. The largest absolute Gasteiger partial charge is 0.481 e. The first-order valence-electron chi connectivity index (χ1n) is 7.33. The zero-order chi connectivity index (χ0) is 13.8. The molecule has 0 spiro atoms. The maximum absolute atomic E-state index is 11.5. The van der Waals surface area contributed by atoms with Crippen LogP contribution in [0, 0.1) is 5.92 Å². The lowest BCUT2D eigenvalue weighted by Crippen LogP contribution is -2.12. The van der Waals surface area contributed by atoms with E-state index in [1.165, 1.54) is 25.7 Å². The molecule has 1 N–H and O–H groups in total. The van der Waals surface area contributed by atoms with Gasteiger partial charge >= 0.3 is 5.97 Å². The van der Waals surface area contributed by atoms with Gasteiger partial charge in [0.05, 0.1) is 0 Å². The molecule has 0 aromatic carbocycles. The molecule has 0 fully saturated rings. The standard InChI is InChI=1S/C15H28O3/c1-3-5-7-9-13(10-8-6-4-2)11-14(16)12-15(17)18/h13H,3-12H2,1-2H3,(H,17,18). The van der Waals surface area contributed by atoms with Crippen molar-refractivity contribution in [3.8, 4) is 0 Å². The minimum absolute atomic E-state index is 0.111. The lowest BCUT2D eigenvalue weighted by Gasteiger charge is -2.15. The fourth-order valence-corrected chi connectivity index (χ4v) is 2.28. The second-order valence-electron chi connectivity index (χ2n) is 5.17. The molecule has 0 aliphatic heterocycles. The van der Waals surface area contributed by atoms with Crippen molar-refractivity contribution in [1.82, 2.24) is 0 Å². The highest BCUT2D eigenvalue weighted by molar-refractivity contribution is 5.94. The summed E-state index contributed by atoms with van der Waals surface area (Å²) in [4.78, 5) is 22.0. The summed E-state index contributed by atoms with van der Waals surface area (Å²) < 4.78 is 0. The molecule has 0 unspecified atom stereocenters. The van der Waals surface area contributed by atoms with Crippen molar-refractivity contribution in [2.45, 2.75) is 78.1 Å². The molecule has 0 rings (SSSR count). The smallest absolute Gasteiger partial charge is 0.310 e. The summed E-state index contributed by atoms with van der Waals surface area (Å²) >= 11 is 0. The Bertz CT molecular complexity index is 226. The van der Waals surface area contributed by atoms with Gasteiger partial charge in [0.2, 0.25) is 0 Å². The van der Waals surface area contributed by atoms with Crippen LogP contribution < -0.4 is 0 Å². The lowest BCUT2D eigenvalue weighted by atomic mass is 9.90. The van der Waals surface area contributed by atoms with E-state index in [4.69, 9.17) is 5.11 Å². The van der Waals surface area contributed by atoms with Crippen LogP contribution in [0.2, 0.25) is 0 Å². The van der Waals surface area contributed by atoms with E-state index in [2.05, 4.69) is 13.8 Å². The molecular formula is C15H28O3. The molecule has 0 saturated heterocycles. The summed E-state index contributed by atoms with van der Waals surface area (Å²) in [6, 6.07) is 0. The van der Waals surface area contributed by atoms with Crippen LogP contribution in [0.15, 0.2) is 0 Å². The van der Waals surface area contributed by atoms with Crippen molar-refractivity contribution in [1.29, 1.82) is 0 Å². The van der Waals surface area contributed by atoms with Gasteiger partial charge in [-0.15, -0.1) is 0 Å². The van der Waals surface area contributed by atoms with Crippen molar-refractivity contribution in [3.63, 3.8) is 0 Å². The third-order valence-electron chi connectivity index (χ3n) is 3.30. The molecule has 0 bridgehead atoms. The minimum atomic E-state index is -0.999. The van der Waals surface area contributed by atoms with Gasteiger partial charge in [-0.05, 0) is 5.92 Å². The normalized spacial score (nSPS) is 10.8. The molecular weight excluding hydrogens is 228 g/mol. The van der Waals surface area contributed by atoms with Gasteiger partial charge in [-0.2, -0.15) is 0 Å². The van der Waals surface area contributed by atoms with E-state index in [1.54, 1.807) is 0 Å². The maximum atomic E-state index is 11.5. The van der Waals surface area contributed by atoms with Crippen molar-refractivity contribution in [2.75, 3.05) is 0 Å². The van der Waals surface area contributed by atoms with Crippen LogP contribution in [-0.2, 0) is 9.59 Å². The third-order valence-corrected chi connectivity index (χ3v) is 3.30. The monoisotopic (exact) mass is 256 g/mol. The number of rotatable bonds is 12. The molecule has 3 heteroatoms. The fraction of sp³-hybridized carbons (Fsp3) is 0.867. The fourth-order valence-electron chi connectivity index (χ4n) is 2.28. The number of unbranched alkanes of at least 4 members (excludes halogenated alkanes) is 4. The van der Waals surface area contributed by atoms with Gasteiger partial charge in [0, 0.05) is 6.42 Å². The van der Waals surface area contributed by atoms with E-state index < -0.39 is 5.97 Å². The van der Waals surface area contributed by atoms with Crippen LogP contribution in [0.25, 0.3) is 0 Å². The first kappa shape index (κ1) is 17.1. The van der Waals surface area contributed by atoms with Crippen LogP contribution in [0.4, 0.5) is 0 Å². The Kier molecular flexibility index (Phi) is 10.7. The van der Waals surface area contributed by atoms with Crippen molar-refractivity contribution < 1.29 is 14.7 Å². The molecule has 0 aliphatic rings. The van der Waals surface area contributed by atoms with Crippen LogP contribution >= 0.6 is 0 Å². The van der Waals surface area contributed by atoms with Crippen LogP contribution in [0.5, 0.6) is 0 Å². The first-order chi connectivity index (χ1) is 8.60. The zero-order valence-electron chi connectivity index (χ0n) is 11.9. The molecule has 3 nitrogen and oxygen atoms in total. The molecule has 0 aliphatic carbocycles. The van der Waals surface area contributed by atoms with Gasteiger partial charge in [-0.3, -0.25) is 9.59 Å². The molecule has 106 valence electrons. The van der Waals surface area contributed by atoms with Gasteiger partial charge in [0.25, 0.3) is 0 Å². The topological polar surface area (TPSA) is 54.4 Å². The average molecular weight is 256 g/mol. The number of carbonyl (C=O) groups excluding carboxylic acids is 1. The Morgan fingerprint density at radius 3 is 1.83 bits per heavy atom. The molecule has 0 amide bonds. The van der Waals surface area contributed by atoms with E-state index in [0.29, 0.717) is 12.3 Å². The number of aliphatic carboxylic acids is 1. The van der Waals surface area contributed by atoms with Gasteiger partial charge in [-0.1, -0.05) is 65.2 Å². The number of hydrogen-bond acceptors (Lipinski definition) is 2. The molecule has 0 heterocycles. The third kappa shape index (κ3) is 10.3. The van der Waals surface area contributed by atoms with E-state index in [0.717, 1.165) is 25.7 Å². The number of carboxylic acid groups (broad SMARTS) is 1. The van der Waals surface area contributed by atoms with E-state index >= 15 is 0 Å². The van der Waals surface area contributed by atoms with Crippen LogP contribution in [0.1, 0.15) is 78.1 Å². The molecule has 0 aromatic rings. The summed E-state index contributed by atoms with van der Waals surface area (Å²) in [5, 5.41) is 8.60. The highest BCUT2D eigenvalue weighted by Crippen LogP contribution is 2.21. The van der Waals surface area contributed by atoms with Crippen molar-refractivity contribution in [2.24, 2.45) is 5.92 Å². The van der Waals surface area contributed by atoms with Crippen LogP contribution in [0.3, 0.4) is 0 Å². The summed E-state index contributed by atoms with van der Waals surface area (Å²) in [6.45, 7) is 4.34. The highest BCUT2D eigenvalue weighted by atomic mass is 16.4. The molecule has 0 radical (unpaired) electrons. The summed E-state index contributed by atoms with van der Waals surface area (Å²) in [7, 11) is 0. The Labute approximate surface area is 111 Å². The van der Waals surface area contributed by atoms with Gasteiger partial charge in [0.15, 0.2) is 0 Å². The number of Topliss-reactive ketones (excluding diaryl/α,β-unsaturated/α-hetero) is 1. The number of ketones is 1. The predicted octanol–water partition coefficient (Wildman–Crippen LogP) is 4.20. The van der Waals surface area contributed by atoms with Crippen molar-refractivity contribution in [3.05, 3.63) is 0 Å². The van der Waals surface area contributed by atoms with E-state index in [1.807, 2.05) is 0 Å². The molecule has 0 saturated carbocycles. The Morgan fingerprint density at radius 2 is 1.44 bits per heavy atom. The Morgan fingerprint density at radius 1 is 0.944 bits per heavy atom. The minimum Gasteiger partial charge on any atom is -0.481 e. The van der Waals surface area contributed by atoms with E-state index in [-0.39, 0.29) is 12.2 Å². The summed E-state index contributed by atoms with van der Waals surface area (Å²) in [6.07, 6.45) is 9.40. The van der Waals surface area contributed by atoms with Gasteiger partial charge in [-0.25, -0.2) is 0 Å². The number of carboxylic acids is 1. The van der Waals surface area contributed by atoms with Crippen molar-refractivity contribution >= 4 is 11.8 Å². The zero-order valence-corrected chi connectivity index (χ0v) is 11.9. The van der Waals surface area contributed by atoms with Gasteiger partial charge < -0.3 is 5.11 Å². The summed E-state index contributed by atoms with van der Waals surface area (Å²) in [5.41, 5.74) is 0.